The van der Waals surface area contributed by atoms with Crippen LogP contribution >= 0.6 is 0 Å². The van der Waals surface area contributed by atoms with Gasteiger partial charge in [0.2, 0.25) is 0 Å². The van der Waals surface area contributed by atoms with E-state index in [4.69, 9.17) is 4.74 Å². The Balaban J connectivity index is 2.10. The molecule has 0 fully saturated rings. The molecule has 5 heteroatoms. The third-order valence-electron chi connectivity index (χ3n) is 3.16. The van der Waals surface area contributed by atoms with Gasteiger partial charge in [-0.05, 0) is 36.8 Å². The molecule has 0 amide bonds. The fourth-order valence-electron chi connectivity index (χ4n) is 1.96. The number of anilines is 1. The standard InChI is InChI=1S/C16H16N2O3/c1-11-13(16(20)21-2)6-3-7-14(11)18-10-15(19)12-5-4-8-17-9-12/h3-9,18H,10H2,1-2H3. The number of methoxy groups -OCH3 is 1. The number of hydrogen-bond acceptors (Lipinski definition) is 5. The summed E-state index contributed by atoms with van der Waals surface area (Å²) in [6.45, 7) is 1.94. The van der Waals surface area contributed by atoms with Gasteiger partial charge in [-0.2, -0.15) is 0 Å². The molecule has 0 aliphatic carbocycles. The summed E-state index contributed by atoms with van der Waals surface area (Å²) in [6.07, 6.45) is 3.15. The van der Waals surface area contributed by atoms with Gasteiger partial charge in [0.15, 0.2) is 5.78 Å². The first-order valence-electron chi connectivity index (χ1n) is 6.48. The molecule has 2 aromatic rings. The topological polar surface area (TPSA) is 68.3 Å². The van der Waals surface area contributed by atoms with E-state index < -0.39 is 5.97 Å². The monoisotopic (exact) mass is 284 g/mol. The van der Waals surface area contributed by atoms with Crippen molar-refractivity contribution in [3.8, 4) is 0 Å². The molecule has 2 rings (SSSR count). The summed E-state index contributed by atoms with van der Waals surface area (Å²) < 4.78 is 4.73. The van der Waals surface area contributed by atoms with Gasteiger partial charge in [0, 0.05) is 23.6 Å². The highest BCUT2D eigenvalue weighted by atomic mass is 16.5. The molecule has 1 N–H and O–H groups in total. The van der Waals surface area contributed by atoms with Crippen molar-refractivity contribution in [2.75, 3.05) is 19.0 Å². The molecule has 1 heterocycles. The highest BCUT2D eigenvalue weighted by Gasteiger charge is 2.12. The summed E-state index contributed by atoms with van der Waals surface area (Å²) >= 11 is 0. The van der Waals surface area contributed by atoms with E-state index in [-0.39, 0.29) is 12.3 Å². The summed E-state index contributed by atoms with van der Waals surface area (Å²) in [5.74, 6) is -0.458. The van der Waals surface area contributed by atoms with Crippen molar-refractivity contribution in [2.45, 2.75) is 6.92 Å². The van der Waals surface area contributed by atoms with Gasteiger partial charge in [-0.25, -0.2) is 4.79 Å². The van der Waals surface area contributed by atoms with Gasteiger partial charge in [0.1, 0.15) is 0 Å². The normalized spacial score (nSPS) is 10.0. The molecule has 5 nitrogen and oxygen atoms in total. The maximum Gasteiger partial charge on any atom is 0.338 e. The molecule has 0 radical (unpaired) electrons. The molecule has 0 aliphatic heterocycles. The van der Waals surface area contributed by atoms with Crippen LogP contribution in [0.2, 0.25) is 0 Å². The molecule has 0 saturated carbocycles. The summed E-state index contributed by atoms with van der Waals surface area (Å²) in [4.78, 5) is 27.5. The fraction of sp³-hybridized carbons (Fsp3) is 0.188. The van der Waals surface area contributed by atoms with Crippen LogP contribution in [-0.2, 0) is 4.74 Å². The van der Waals surface area contributed by atoms with Gasteiger partial charge < -0.3 is 10.1 Å². The van der Waals surface area contributed by atoms with Crippen molar-refractivity contribution in [2.24, 2.45) is 0 Å². The molecule has 0 aliphatic rings. The molecule has 0 saturated heterocycles. The molecule has 0 unspecified atom stereocenters. The van der Waals surface area contributed by atoms with Crippen molar-refractivity contribution >= 4 is 17.4 Å². The number of pyridine rings is 1. The Bertz CT molecular complexity index is 654. The van der Waals surface area contributed by atoms with Crippen LogP contribution < -0.4 is 5.32 Å². The summed E-state index contributed by atoms with van der Waals surface area (Å²) in [7, 11) is 1.34. The first-order chi connectivity index (χ1) is 10.1. The average molecular weight is 284 g/mol. The quantitative estimate of drug-likeness (QED) is 0.674. The largest absolute Gasteiger partial charge is 0.465 e. The van der Waals surface area contributed by atoms with Crippen LogP contribution in [0, 0.1) is 6.92 Å². The number of carbonyl (C=O) groups excluding carboxylic acids is 2. The van der Waals surface area contributed by atoms with E-state index in [1.165, 1.54) is 13.3 Å². The van der Waals surface area contributed by atoms with Gasteiger partial charge in [-0.1, -0.05) is 6.07 Å². The third-order valence-corrected chi connectivity index (χ3v) is 3.16. The van der Waals surface area contributed by atoms with Crippen LogP contribution in [0.4, 0.5) is 5.69 Å². The zero-order valence-electron chi connectivity index (χ0n) is 11.9. The summed E-state index contributed by atoms with van der Waals surface area (Å²) in [6, 6.07) is 8.69. The number of nitrogens with zero attached hydrogens (tertiary/aromatic N) is 1. The predicted octanol–water partition coefficient (Wildman–Crippen LogP) is 2.47. The van der Waals surface area contributed by atoms with E-state index in [0.717, 1.165) is 11.3 Å². The van der Waals surface area contributed by atoms with Crippen molar-refractivity contribution in [1.82, 2.24) is 4.98 Å². The number of Topliss-reactive ketones (excluding diaryl/α,β-unsaturated/α-hetero) is 1. The lowest BCUT2D eigenvalue weighted by Gasteiger charge is -2.11. The highest BCUT2D eigenvalue weighted by Crippen LogP contribution is 2.19. The first kappa shape index (κ1) is 14.7. The number of carbonyl (C=O) groups is 2. The van der Waals surface area contributed by atoms with Crippen LogP contribution in [0.25, 0.3) is 0 Å². The molecule has 1 aromatic heterocycles. The van der Waals surface area contributed by atoms with Crippen molar-refractivity contribution in [3.63, 3.8) is 0 Å². The minimum atomic E-state index is -0.394. The van der Waals surface area contributed by atoms with Gasteiger partial charge in [0.05, 0.1) is 19.2 Å². The molecular weight excluding hydrogens is 268 g/mol. The molecule has 0 atom stereocenters. The molecule has 108 valence electrons. The lowest BCUT2D eigenvalue weighted by molar-refractivity contribution is 0.0600. The molecule has 0 bridgehead atoms. The minimum absolute atomic E-state index is 0.0639. The van der Waals surface area contributed by atoms with E-state index in [1.54, 1.807) is 30.5 Å². The van der Waals surface area contributed by atoms with Crippen molar-refractivity contribution in [3.05, 3.63) is 59.4 Å². The molecule has 0 spiro atoms. The second kappa shape index (κ2) is 6.65. The van der Waals surface area contributed by atoms with Gasteiger partial charge >= 0.3 is 5.97 Å². The number of ketones is 1. The number of nitrogens with one attached hydrogen (secondary N) is 1. The van der Waals surface area contributed by atoms with E-state index >= 15 is 0 Å². The Hall–Kier alpha value is -2.69. The predicted molar refractivity (Wildman–Crippen MR) is 79.6 cm³/mol. The third kappa shape index (κ3) is 3.45. The minimum Gasteiger partial charge on any atom is -0.465 e. The molecule has 21 heavy (non-hydrogen) atoms. The SMILES string of the molecule is COC(=O)c1cccc(NCC(=O)c2cccnc2)c1C. The number of ether oxygens (including phenoxy) is 1. The van der Waals surface area contributed by atoms with Gasteiger partial charge in [0.25, 0.3) is 0 Å². The summed E-state index contributed by atoms with van der Waals surface area (Å²) in [5.41, 5.74) is 2.52. The van der Waals surface area contributed by atoms with Crippen molar-refractivity contribution in [1.29, 1.82) is 0 Å². The van der Waals surface area contributed by atoms with Gasteiger partial charge in [-0.15, -0.1) is 0 Å². The number of rotatable bonds is 5. The fourth-order valence-corrected chi connectivity index (χ4v) is 1.96. The first-order valence-corrected chi connectivity index (χ1v) is 6.48. The van der Waals surface area contributed by atoms with Crippen LogP contribution in [0.3, 0.4) is 0 Å². The number of benzene rings is 1. The smallest absolute Gasteiger partial charge is 0.338 e. The van der Waals surface area contributed by atoms with Crippen molar-refractivity contribution < 1.29 is 14.3 Å². The van der Waals surface area contributed by atoms with Crippen LogP contribution in [0.1, 0.15) is 26.3 Å². The zero-order chi connectivity index (χ0) is 15.2. The number of aromatic nitrogens is 1. The Kier molecular flexibility index (Phi) is 4.66. The highest BCUT2D eigenvalue weighted by molar-refractivity contribution is 5.99. The Morgan fingerprint density at radius 2 is 2.05 bits per heavy atom. The lowest BCUT2D eigenvalue weighted by atomic mass is 10.1. The Labute approximate surface area is 123 Å². The van der Waals surface area contributed by atoms with E-state index in [9.17, 15) is 9.59 Å². The molecule has 1 aromatic carbocycles. The van der Waals surface area contributed by atoms with E-state index in [2.05, 4.69) is 10.3 Å². The van der Waals surface area contributed by atoms with Crippen LogP contribution in [0.15, 0.2) is 42.7 Å². The van der Waals surface area contributed by atoms with Crippen LogP contribution in [-0.4, -0.2) is 30.4 Å². The number of hydrogen-bond donors (Lipinski definition) is 1. The lowest BCUT2D eigenvalue weighted by Crippen LogP contribution is -2.15. The summed E-state index contributed by atoms with van der Waals surface area (Å²) in [5, 5.41) is 3.05. The Morgan fingerprint density at radius 3 is 2.71 bits per heavy atom. The second-order valence-corrected chi connectivity index (χ2v) is 4.49. The number of esters is 1. The van der Waals surface area contributed by atoms with Gasteiger partial charge in [-0.3, -0.25) is 9.78 Å². The van der Waals surface area contributed by atoms with E-state index in [0.29, 0.717) is 11.1 Å². The molecular formula is C16H16N2O3. The average Bonchev–Trinajstić information content (AvgIpc) is 2.53. The Morgan fingerprint density at radius 1 is 1.24 bits per heavy atom. The second-order valence-electron chi connectivity index (χ2n) is 4.49. The zero-order valence-corrected chi connectivity index (χ0v) is 11.9. The maximum atomic E-state index is 12.0. The maximum absolute atomic E-state index is 12.0. The van der Waals surface area contributed by atoms with Crippen LogP contribution in [0.5, 0.6) is 0 Å². The van der Waals surface area contributed by atoms with E-state index in [1.807, 2.05) is 13.0 Å².